The van der Waals surface area contributed by atoms with Crippen LogP contribution in [0.5, 0.6) is 0 Å². The maximum Gasteiger partial charge on any atom is 0.289 e. The summed E-state index contributed by atoms with van der Waals surface area (Å²) in [6, 6.07) is 3.38. The predicted molar refractivity (Wildman–Crippen MR) is 83.0 cm³/mol. The second kappa shape index (κ2) is 7.61. The fourth-order valence-electron chi connectivity index (χ4n) is 3.00. The first-order chi connectivity index (χ1) is 11.2. The van der Waals surface area contributed by atoms with Crippen molar-refractivity contribution in [2.45, 2.75) is 18.9 Å². The summed E-state index contributed by atoms with van der Waals surface area (Å²) >= 11 is 0. The number of morpholine rings is 1. The van der Waals surface area contributed by atoms with E-state index in [2.05, 4.69) is 5.32 Å². The van der Waals surface area contributed by atoms with E-state index in [0.29, 0.717) is 45.0 Å². The van der Waals surface area contributed by atoms with Gasteiger partial charge in [-0.05, 0) is 18.6 Å². The zero-order chi connectivity index (χ0) is 16.1. The summed E-state index contributed by atoms with van der Waals surface area (Å²) in [5.41, 5.74) is 0. The summed E-state index contributed by atoms with van der Waals surface area (Å²) in [4.78, 5) is 28.3. The van der Waals surface area contributed by atoms with Crippen molar-refractivity contribution in [3.05, 3.63) is 24.2 Å². The quantitative estimate of drug-likeness (QED) is 0.868. The molecule has 0 saturated carbocycles. The summed E-state index contributed by atoms with van der Waals surface area (Å²) in [7, 11) is 0. The third-order valence-corrected chi connectivity index (χ3v) is 4.27. The second-order valence-electron chi connectivity index (χ2n) is 5.90. The molecule has 126 valence electrons. The van der Waals surface area contributed by atoms with E-state index in [-0.39, 0.29) is 17.9 Å². The summed E-state index contributed by atoms with van der Waals surface area (Å²) in [5.74, 6) is 0.349. The summed E-state index contributed by atoms with van der Waals surface area (Å²) in [6.45, 7) is 4.65. The van der Waals surface area contributed by atoms with Crippen LogP contribution in [0.3, 0.4) is 0 Å². The minimum atomic E-state index is -0.107. The van der Waals surface area contributed by atoms with Gasteiger partial charge in [-0.25, -0.2) is 0 Å². The molecule has 2 saturated heterocycles. The van der Waals surface area contributed by atoms with E-state index in [1.165, 1.54) is 6.26 Å². The fraction of sp³-hybridized carbons (Fsp3) is 0.625. The van der Waals surface area contributed by atoms with Crippen LogP contribution in [0, 0.1) is 0 Å². The van der Waals surface area contributed by atoms with Crippen LogP contribution in [0.1, 0.15) is 23.4 Å². The molecule has 2 amide bonds. The Hall–Kier alpha value is -1.86. The lowest BCUT2D eigenvalue weighted by atomic mass is 10.2. The predicted octanol–water partition coefficient (Wildman–Crippen LogP) is 0.333. The van der Waals surface area contributed by atoms with Crippen molar-refractivity contribution in [1.29, 1.82) is 0 Å². The largest absolute Gasteiger partial charge is 0.459 e. The van der Waals surface area contributed by atoms with Gasteiger partial charge in [0, 0.05) is 39.3 Å². The van der Waals surface area contributed by atoms with E-state index in [1.807, 2.05) is 4.90 Å². The third kappa shape index (κ3) is 4.11. The SMILES string of the molecule is O=C(C[C@@H]1CNCCO1)N1CCCN(C(=O)c2ccco2)CC1. The van der Waals surface area contributed by atoms with E-state index in [1.54, 1.807) is 17.0 Å². The van der Waals surface area contributed by atoms with Crippen molar-refractivity contribution in [1.82, 2.24) is 15.1 Å². The first-order valence-electron chi connectivity index (χ1n) is 8.17. The van der Waals surface area contributed by atoms with Gasteiger partial charge in [0.05, 0.1) is 25.4 Å². The Kier molecular flexibility index (Phi) is 5.30. The number of carbonyl (C=O) groups is 2. The number of furan rings is 1. The lowest BCUT2D eigenvalue weighted by Crippen LogP contribution is -2.43. The van der Waals surface area contributed by atoms with Crippen LogP contribution in [0.2, 0.25) is 0 Å². The molecule has 0 aliphatic carbocycles. The zero-order valence-electron chi connectivity index (χ0n) is 13.2. The number of ether oxygens (including phenoxy) is 1. The van der Waals surface area contributed by atoms with Gasteiger partial charge < -0.3 is 24.3 Å². The van der Waals surface area contributed by atoms with Crippen LogP contribution in [0.4, 0.5) is 0 Å². The Morgan fingerprint density at radius 1 is 1.22 bits per heavy atom. The molecule has 0 spiro atoms. The molecule has 0 bridgehead atoms. The highest BCUT2D eigenvalue weighted by molar-refractivity contribution is 5.91. The third-order valence-electron chi connectivity index (χ3n) is 4.27. The Balaban J connectivity index is 1.51. The van der Waals surface area contributed by atoms with E-state index < -0.39 is 0 Å². The van der Waals surface area contributed by atoms with Crippen LogP contribution in [-0.4, -0.2) is 73.6 Å². The lowest BCUT2D eigenvalue weighted by Gasteiger charge is -2.27. The molecule has 7 nitrogen and oxygen atoms in total. The maximum atomic E-state index is 12.4. The Morgan fingerprint density at radius 2 is 2.04 bits per heavy atom. The Bertz CT molecular complexity index is 525. The number of hydrogen-bond acceptors (Lipinski definition) is 5. The molecular weight excluding hydrogens is 298 g/mol. The van der Waals surface area contributed by atoms with Gasteiger partial charge in [-0.3, -0.25) is 9.59 Å². The molecule has 1 aromatic rings. The average Bonchev–Trinajstić information content (AvgIpc) is 2.99. The van der Waals surface area contributed by atoms with Gasteiger partial charge in [-0.1, -0.05) is 0 Å². The molecule has 2 fully saturated rings. The van der Waals surface area contributed by atoms with Crippen molar-refractivity contribution in [3.8, 4) is 0 Å². The number of rotatable bonds is 3. The van der Waals surface area contributed by atoms with Crippen LogP contribution < -0.4 is 5.32 Å². The van der Waals surface area contributed by atoms with E-state index >= 15 is 0 Å². The Labute approximate surface area is 135 Å². The van der Waals surface area contributed by atoms with E-state index in [4.69, 9.17) is 9.15 Å². The van der Waals surface area contributed by atoms with Crippen molar-refractivity contribution in [2.24, 2.45) is 0 Å². The molecule has 7 heteroatoms. The van der Waals surface area contributed by atoms with Crippen molar-refractivity contribution < 1.29 is 18.7 Å². The van der Waals surface area contributed by atoms with Crippen LogP contribution in [-0.2, 0) is 9.53 Å². The smallest absolute Gasteiger partial charge is 0.289 e. The van der Waals surface area contributed by atoms with Gasteiger partial charge in [-0.2, -0.15) is 0 Å². The summed E-state index contributed by atoms with van der Waals surface area (Å²) in [5, 5.41) is 3.23. The highest BCUT2D eigenvalue weighted by atomic mass is 16.5. The molecule has 2 aliphatic rings. The van der Waals surface area contributed by atoms with Crippen molar-refractivity contribution in [3.63, 3.8) is 0 Å². The summed E-state index contributed by atoms with van der Waals surface area (Å²) in [6.07, 6.45) is 2.64. The number of nitrogens with zero attached hydrogens (tertiary/aromatic N) is 2. The van der Waals surface area contributed by atoms with Crippen LogP contribution in [0.15, 0.2) is 22.8 Å². The van der Waals surface area contributed by atoms with Crippen molar-refractivity contribution >= 4 is 11.8 Å². The molecule has 1 N–H and O–H groups in total. The molecule has 0 unspecified atom stereocenters. The summed E-state index contributed by atoms with van der Waals surface area (Å²) < 4.78 is 10.8. The normalized spacial score (nSPS) is 22.7. The van der Waals surface area contributed by atoms with Gasteiger partial charge in [0.15, 0.2) is 5.76 Å². The van der Waals surface area contributed by atoms with Gasteiger partial charge in [0.1, 0.15) is 0 Å². The van der Waals surface area contributed by atoms with Crippen LogP contribution in [0.25, 0.3) is 0 Å². The van der Waals surface area contributed by atoms with Crippen LogP contribution >= 0.6 is 0 Å². The van der Waals surface area contributed by atoms with Gasteiger partial charge in [0.2, 0.25) is 5.91 Å². The van der Waals surface area contributed by atoms with E-state index in [9.17, 15) is 9.59 Å². The number of amides is 2. The van der Waals surface area contributed by atoms with E-state index in [0.717, 1.165) is 19.5 Å². The molecule has 3 rings (SSSR count). The van der Waals surface area contributed by atoms with Gasteiger partial charge >= 0.3 is 0 Å². The zero-order valence-corrected chi connectivity index (χ0v) is 13.2. The molecule has 2 aliphatic heterocycles. The molecule has 1 atom stereocenters. The standard InChI is InChI=1S/C16H23N3O4/c20-15(11-13-12-17-4-10-22-13)18-5-2-6-19(8-7-18)16(21)14-3-1-9-23-14/h1,3,9,13,17H,2,4-8,10-12H2/t13-/m1/s1. The molecule has 3 heterocycles. The topological polar surface area (TPSA) is 75.0 Å². The highest BCUT2D eigenvalue weighted by Crippen LogP contribution is 2.12. The minimum absolute atomic E-state index is 0.0413. The lowest BCUT2D eigenvalue weighted by molar-refractivity contribution is -0.134. The molecular formula is C16H23N3O4. The molecule has 23 heavy (non-hydrogen) atoms. The van der Waals surface area contributed by atoms with Gasteiger partial charge in [-0.15, -0.1) is 0 Å². The first kappa shape index (κ1) is 16.0. The number of nitrogens with one attached hydrogen (secondary N) is 1. The first-order valence-corrected chi connectivity index (χ1v) is 8.17. The highest BCUT2D eigenvalue weighted by Gasteiger charge is 2.26. The molecule has 0 aromatic carbocycles. The minimum Gasteiger partial charge on any atom is -0.459 e. The molecule has 1 aromatic heterocycles. The number of hydrogen-bond donors (Lipinski definition) is 1. The maximum absolute atomic E-state index is 12.4. The van der Waals surface area contributed by atoms with Gasteiger partial charge in [0.25, 0.3) is 5.91 Å². The monoisotopic (exact) mass is 321 g/mol. The average molecular weight is 321 g/mol. The fourth-order valence-corrected chi connectivity index (χ4v) is 3.00. The number of carbonyl (C=O) groups excluding carboxylic acids is 2. The second-order valence-corrected chi connectivity index (χ2v) is 5.90. The molecule has 0 radical (unpaired) electrons. The Morgan fingerprint density at radius 3 is 2.78 bits per heavy atom. The van der Waals surface area contributed by atoms with Crippen molar-refractivity contribution in [2.75, 3.05) is 45.9 Å².